The smallest absolute Gasteiger partial charge is 0.227 e. The van der Waals surface area contributed by atoms with Crippen molar-refractivity contribution in [3.63, 3.8) is 0 Å². The number of hydrogen-bond acceptors (Lipinski definition) is 4. The molecule has 1 aromatic rings. The highest BCUT2D eigenvalue weighted by atomic mass is 16.5. The standard InChI is InChI=1S/C24H35N3O2/c28-24(26-16-18-29-19-17-26)22-9-5-13-27(20-22)23-10-14-25(15-11-23)12-4-8-21-6-2-1-3-7-21/h1-4,6-8,22-23H,5,9-20H2. The predicted octanol–water partition coefficient (Wildman–Crippen LogP) is 2.74. The molecule has 0 bridgehead atoms. The second-order valence-corrected chi connectivity index (χ2v) is 8.62. The highest BCUT2D eigenvalue weighted by Crippen LogP contribution is 2.25. The Balaban J connectivity index is 1.22. The SMILES string of the molecule is O=C(C1CCCN(C2CCN(CC=Cc3ccccc3)CC2)C1)N1CCOCC1. The second-order valence-electron chi connectivity index (χ2n) is 8.62. The van der Waals surface area contributed by atoms with Gasteiger partial charge in [-0.2, -0.15) is 0 Å². The molecule has 158 valence electrons. The first-order valence-electron chi connectivity index (χ1n) is 11.3. The van der Waals surface area contributed by atoms with Crippen LogP contribution in [-0.4, -0.2) is 85.7 Å². The lowest BCUT2D eigenvalue weighted by molar-refractivity contribution is -0.141. The van der Waals surface area contributed by atoms with Crippen LogP contribution in [0.15, 0.2) is 36.4 Å². The molecule has 5 heteroatoms. The molecule has 3 fully saturated rings. The third-order valence-corrected chi connectivity index (χ3v) is 6.67. The van der Waals surface area contributed by atoms with Gasteiger partial charge in [0.1, 0.15) is 0 Å². The Morgan fingerprint density at radius 1 is 1.00 bits per heavy atom. The topological polar surface area (TPSA) is 36.0 Å². The van der Waals surface area contributed by atoms with Gasteiger partial charge in [-0.25, -0.2) is 0 Å². The average Bonchev–Trinajstić information content (AvgIpc) is 2.80. The van der Waals surface area contributed by atoms with Gasteiger partial charge in [0, 0.05) is 32.2 Å². The highest BCUT2D eigenvalue weighted by Gasteiger charge is 2.33. The molecule has 3 aliphatic rings. The number of carbonyl (C=O) groups excluding carboxylic acids is 1. The Hall–Kier alpha value is -1.69. The molecule has 5 nitrogen and oxygen atoms in total. The van der Waals surface area contributed by atoms with Gasteiger partial charge in [-0.05, 0) is 50.9 Å². The van der Waals surface area contributed by atoms with Crippen molar-refractivity contribution in [1.82, 2.24) is 14.7 Å². The maximum Gasteiger partial charge on any atom is 0.227 e. The number of likely N-dealkylation sites (tertiary alicyclic amines) is 2. The molecule has 1 amide bonds. The number of ether oxygens (including phenoxy) is 1. The number of nitrogens with zero attached hydrogens (tertiary/aromatic N) is 3. The van der Waals surface area contributed by atoms with E-state index in [1.807, 2.05) is 4.90 Å². The van der Waals surface area contributed by atoms with Crippen LogP contribution in [0, 0.1) is 5.92 Å². The van der Waals surface area contributed by atoms with E-state index in [4.69, 9.17) is 4.74 Å². The fourth-order valence-corrected chi connectivity index (χ4v) is 4.95. The summed E-state index contributed by atoms with van der Waals surface area (Å²) in [7, 11) is 0. The molecule has 3 aliphatic heterocycles. The lowest BCUT2D eigenvalue weighted by Gasteiger charge is -2.43. The molecule has 1 aromatic carbocycles. The molecule has 4 rings (SSSR count). The fourth-order valence-electron chi connectivity index (χ4n) is 4.95. The number of morpholine rings is 1. The number of amides is 1. The Kier molecular flexibility index (Phi) is 7.36. The van der Waals surface area contributed by atoms with Crippen molar-refractivity contribution in [3.8, 4) is 0 Å². The summed E-state index contributed by atoms with van der Waals surface area (Å²) in [5.74, 6) is 0.551. The Labute approximate surface area is 175 Å². The zero-order chi connectivity index (χ0) is 19.9. The Morgan fingerprint density at radius 3 is 2.52 bits per heavy atom. The van der Waals surface area contributed by atoms with Crippen LogP contribution in [0.1, 0.15) is 31.2 Å². The molecule has 29 heavy (non-hydrogen) atoms. The summed E-state index contributed by atoms with van der Waals surface area (Å²) in [5, 5.41) is 0. The van der Waals surface area contributed by atoms with Crippen molar-refractivity contribution in [2.24, 2.45) is 5.92 Å². The zero-order valence-electron chi connectivity index (χ0n) is 17.5. The van der Waals surface area contributed by atoms with Gasteiger partial charge in [0.15, 0.2) is 0 Å². The van der Waals surface area contributed by atoms with Crippen LogP contribution in [0.3, 0.4) is 0 Å². The van der Waals surface area contributed by atoms with Gasteiger partial charge in [0.05, 0.1) is 19.1 Å². The summed E-state index contributed by atoms with van der Waals surface area (Å²) in [6.07, 6.45) is 9.15. The Morgan fingerprint density at radius 2 is 1.76 bits per heavy atom. The number of rotatable bonds is 5. The maximum absolute atomic E-state index is 12.9. The summed E-state index contributed by atoms with van der Waals surface area (Å²) < 4.78 is 5.40. The van der Waals surface area contributed by atoms with Gasteiger partial charge in [-0.1, -0.05) is 42.5 Å². The van der Waals surface area contributed by atoms with Crippen LogP contribution >= 0.6 is 0 Å². The fraction of sp³-hybridized carbons (Fsp3) is 0.625. The van der Waals surface area contributed by atoms with Crippen molar-refractivity contribution in [2.45, 2.75) is 31.7 Å². The van der Waals surface area contributed by atoms with Crippen molar-refractivity contribution in [3.05, 3.63) is 42.0 Å². The normalized spacial score (nSPS) is 25.5. The van der Waals surface area contributed by atoms with E-state index >= 15 is 0 Å². The lowest BCUT2D eigenvalue weighted by Crippen LogP contribution is -2.52. The van der Waals surface area contributed by atoms with Gasteiger partial charge in [-0.15, -0.1) is 0 Å². The summed E-state index contributed by atoms with van der Waals surface area (Å²) in [5.41, 5.74) is 1.27. The van der Waals surface area contributed by atoms with Crippen LogP contribution < -0.4 is 0 Å². The van der Waals surface area contributed by atoms with Crippen molar-refractivity contribution >= 4 is 12.0 Å². The predicted molar refractivity (Wildman–Crippen MR) is 117 cm³/mol. The van der Waals surface area contributed by atoms with Gasteiger partial charge in [0.2, 0.25) is 5.91 Å². The lowest BCUT2D eigenvalue weighted by atomic mass is 9.92. The van der Waals surface area contributed by atoms with Crippen molar-refractivity contribution < 1.29 is 9.53 Å². The minimum Gasteiger partial charge on any atom is -0.378 e. The third kappa shape index (κ3) is 5.68. The summed E-state index contributed by atoms with van der Waals surface area (Å²) in [6, 6.07) is 11.2. The van der Waals surface area contributed by atoms with E-state index in [9.17, 15) is 4.79 Å². The molecule has 0 radical (unpaired) electrons. The minimum atomic E-state index is 0.189. The first-order valence-corrected chi connectivity index (χ1v) is 11.3. The molecule has 0 N–H and O–H groups in total. The molecule has 1 atom stereocenters. The van der Waals surface area contributed by atoms with Crippen LogP contribution in [0.4, 0.5) is 0 Å². The van der Waals surface area contributed by atoms with Crippen molar-refractivity contribution in [2.75, 3.05) is 59.0 Å². The van der Waals surface area contributed by atoms with E-state index in [2.05, 4.69) is 52.3 Å². The molecule has 0 saturated carbocycles. The molecular weight excluding hydrogens is 362 g/mol. The number of hydrogen-bond donors (Lipinski definition) is 0. The highest BCUT2D eigenvalue weighted by molar-refractivity contribution is 5.79. The van der Waals surface area contributed by atoms with Crippen molar-refractivity contribution in [1.29, 1.82) is 0 Å². The van der Waals surface area contributed by atoms with E-state index in [1.165, 1.54) is 18.4 Å². The van der Waals surface area contributed by atoms with Gasteiger partial charge in [-0.3, -0.25) is 14.6 Å². The van der Waals surface area contributed by atoms with Crippen LogP contribution in [0.5, 0.6) is 0 Å². The maximum atomic E-state index is 12.9. The summed E-state index contributed by atoms with van der Waals surface area (Å²) in [4.78, 5) is 20.1. The van der Waals surface area contributed by atoms with E-state index in [1.54, 1.807) is 0 Å². The van der Waals surface area contributed by atoms with Crippen LogP contribution in [-0.2, 0) is 9.53 Å². The molecule has 0 aromatic heterocycles. The second kappa shape index (κ2) is 10.4. The largest absolute Gasteiger partial charge is 0.378 e. The molecule has 3 heterocycles. The number of benzene rings is 1. The van der Waals surface area contributed by atoms with Gasteiger partial charge in [0.25, 0.3) is 0 Å². The van der Waals surface area contributed by atoms with Crippen LogP contribution in [0.25, 0.3) is 6.08 Å². The van der Waals surface area contributed by atoms with E-state index in [-0.39, 0.29) is 5.92 Å². The number of carbonyl (C=O) groups is 1. The molecular formula is C24H35N3O2. The zero-order valence-corrected chi connectivity index (χ0v) is 17.5. The van der Waals surface area contributed by atoms with Gasteiger partial charge >= 0.3 is 0 Å². The first kappa shape index (κ1) is 20.6. The quantitative estimate of drug-likeness (QED) is 0.766. The average molecular weight is 398 g/mol. The summed E-state index contributed by atoms with van der Waals surface area (Å²) >= 11 is 0. The first-order chi connectivity index (χ1) is 14.3. The minimum absolute atomic E-state index is 0.189. The van der Waals surface area contributed by atoms with E-state index in [0.717, 1.165) is 58.7 Å². The molecule has 3 saturated heterocycles. The molecule has 1 unspecified atom stereocenters. The molecule has 0 spiro atoms. The summed E-state index contributed by atoms with van der Waals surface area (Å²) in [6.45, 7) is 8.37. The monoisotopic (exact) mass is 397 g/mol. The Bertz CT molecular complexity index is 664. The molecule has 0 aliphatic carbocycles. The number of piperidine rings is 2. The van der Waals surface area contributed by atoms with E-state index in [0.29, 0.717) is 25.2 Å². The third-order valence-electron chi connectivity index (χ3n) is 6.67. The van der Waals surface area contributed by atoms with Crippen LogP contribution in [0.2, 0.25) is 0 Å². The van der Waals surface area contributed by atoms with Gasteiger partial charge < -0.3 is 9.64 Å². The van der Waals surface area contributed by atoms with E-state index < -0.39 is 0 Å².